The molecular formula is C22H26N2O3. The van der Waals surface area contributed by atoms with Gasteiger partial charge in [0.05, 0.1) is 0 Å². The van der Waals surface area contributed by atoms with Crippen LogP contribution < -0.4 is 15.0 Å². The summed E-state index contributed by atoms with van der Waals surface area (Å²) in [5, 5.41) is 2.90. The summed E-state index contributed by atoms with van der Waals surface area (Å²) in [6.07, 6.45) is 1.50. The number of carbonyl (C=O) groups excluding carboxylic acids is 2. The van der Waals surface area contributed by atoms with Crippen LogP contribution in [0.4, 0.5) is 11.4 Å². The van der Waals surface area contributed by atoms with Crippen LogP contribution in [-0.2, 0) is 9.59 Å². The van der Waals surface area contributed by atoms with Crippen molar-refractivity contribution in [3.05, 3.63) is 53.6 Å². The van der Waals surface area contributed by atoms with Crippen LogP contribution >= 0.6 is 0 Å². The molecule has 1 N–H and O–H groups in total. The quantitative estimate of drug-likeness (QED) is 0.832. The summed E-state index contributed by atoms with van der Waals surface area (Å²) in [4.78, 5) is 26.2. The summed E-state index contributed by atoms with van der Waals surface area (Å²) in [5.74, 6) is 0.679. The molecule has 1 aliphatic heterocycles. The predicted molar refractivity (Wildman–Crippen MR) is 107 cm³/mol. The highest BCUT2D eigenvalue weighted by Crippen LogP contribution is 2.24. The minimum Gasteiger partial charge on any atom is -0.481 e. The minimum absolute atomic E-state index is 0.152. The minimum atomic E-state index is -0.564. The van der Waals surface area contributed by atoms with Crippen LogP contribution in [0.15, 0.2) is 42.5 Å². The number of nitrogens with one attached hydrogen (secondary N) is 1. The molecule has 0 bridgehead atoms. The van der Waals surface area contributed by atoms with Crippen molar-refractivity contribution in [2.24, 2.45) is 0 Å². The molecule has 5 nitrogen and oxygen atoms in total. The highest BCUT2D eigenvalue weighted by Gasteiger charge is 2.22. The molecule has 5 heteroatoms. The molecule has 1 unspecified atom stereocenters. The van der Waals surface area contributed by atoms with Crippen molar-refractivity contribution >= 4 is 23.2 Å². The van der Waals surface area contributed by atoms with Crippen LogP contribution in [0.25, 0.3) is 0 Å². The maximum Gasteiger partial charge on any atom is 0.265 e. The fourth-order valence-electron chi connectivity index (χ4n) is 3.36. The Labute approximate surface area is 160 Å². The Hall–Kier alpha value is -2.82. The second-order valence-corrected chi connectivity index (χ2v) is 7.02. The first-order valence-corrected chi connectivity index (χ1v) is 9.42. The highest BCUT2D eigenvalue weighted by molar-refractivity contribution is 5.97. The van der Waals surface area contributed by atoms with Crippen molar-refractivity contribution in [3.63, 3.8) is 0 Å². The molecule has 2 aromatic rings. The second kappa shape index (κ2) is 8.25. The van der Waals surface area contributed by atoms with E-state index in [9.17, 15) is 9.59 Å². The Morgan fingerprint density at radius 1 is 1.15 bits per heavy atom. The summed E-state index contributed by atoms with van der Waals surface area (Å²) in [6, 6.07) is 13.3. The van der Waals surface area contributed by atoms with Crippen LogP contribution in [-0.4, -0.2) is 24.5 Å². The van der Waals surface area contributed by atoms with Crippen molar-refractivity contribution in [2.75, 3.05) is 16.8 Å². The lowest BCUT2D eigenvalue weighted by molar-refractivity contribution is -0.122. The lowest BCUT2D eigenvalue weighted by Gasteiger charge is -2.19. The Bertz CT molecular complexity index is 810. The predicted octanol–water partition coefficient (Wildman–Crippen LogP) is 4.23. The van der Waals surface area contributed by atoms with E-state index in [1.54, 1.807) is 4.90 Å². The van der Waals surface area contributed by atoms with Gasteiger partial charge in [-0.3, -0.25) is 9.59 Å². The molecule has 142 valence electrons. The lowest BCUT2D eigenvalue weighted by atomic mass is 10.1. The Morgan fingerprint density at radius 2 is 1.81 bits per heavy atom. The molecule has 0 spiro atoms. The Kier molecular flexibility index (Phi) is 5.79. The summed E-state index contributed by atoms with van der Waals surface area (Å²) in [5.41, 5.74) is 3.77. The second-order valence-electron chi connectivity index (χ2n) is 7.02. The first kappa shape index (κ1) is 19.0. The standard InChI is InChI=1S/C22H26N2O3/c1-4-20(27-19-13-15(2)12-16(3)14-19)22(26)23-17-7-9-18(10-8-17)24-11-5-6-21(24)25/h7-10,12-14,20H,4-6,11H2,1-3H3,(H,23,26). The van der Waals surface area contributed by atoms with E-state index in [4.69, 9.17) is 4.74 Å². The number of amides is 2. The molecule has 1 heterocycles. The maximum atomic E-state index is 12.6. The van der Waals surface area contributed by atoms with Crippen LogP contribution in [0.3, 0.4) is 0 Å². The SMILES string of the molecule is CCC(Oc1cc(C)cc(C)c1)C(=O)Nc1ccc(N2CCCC2=O)cc1. The molecule has 27 heavy (non-hydrogen) atoms. The average molecular weight is 366 g/mol. The molecule has 1 fully saturated rings. The normalized spacial score (nSPS) is 14.9. The van der Waals surface area contributed by atoms with Gasteiger partial charge in [0.1, 0.15) is 5.75 Å². The van der Waals surface area contributed by atoms with E-state index in [0.29, 0.717) is 24.3 Å². The third kappa shape index (κ3) is 4.67. The fourth-order valence-corrected chi connectivity index (χ4v) is 3.36. The van der Waals surface area contributed by atoms with E-state index in [1.807, 2.05) is 57.2 Å². The summed E-state index contributed by atoms with van der Waals surface area (Å²) < 4.78 is 5.91. The van der Waals surface area contributed by atoms with Gasteiger partial charge in [0.2, 0.25) is 5.91 Å². The van der Waals surface area contributed by atoms with E-state index in [-0.39, 0.29) is 11.8 Å². The highest BCUT2D eigenvalue weighted by atomic mass is 16.5. The number of carbonyl (C=O) groups is 2. The topological polar surface area (TPSA) is 58.6 Å². The van der Waals surface area contributed by atoms with Gasteiger partial charge in [-0.05, 0) is 74.2 Å². The molecule has 0 aliphatic carbocycles. The van der Waals surface area contributed by atoms with Gasteiger partial charge in [-0.15, -0.1) is 0 Å². The zero-order valence-corrected chi connectivity index (χ0v) is 16.1. The number of ether oxygens (including phenoxy) is 1. The zero-order valence-electron chi connectivity index (χ0n) is 16.1. The molecule has 0 aromatic heterocycles. The van der Waals surface area contributed by atoms with Crippen LogP contribution in [0.1, 0.15) is 37.3 Å². The Morgan fingerprint density at radius 3 is 2.37 bits per heavy atom. The number of nitrogens with zero attached hydrogens (tertiary/aromatic N) is 1. The molecular weight excluding hydrogens is 340 g/mol. The van der Waals surface area contributed by atoms with Crippen molar-refractivity contribution in [1.82, 2.24) is 0 Å². The average Bonchev–Trinajstić information content (AvgIpc) is 3.05. The first-order chi connectivity index (χ1) is 13.0. The third-order valence-corrected chi connectivity index (χ3v) is 4.66. The molecule has 3 rings (SSSR count). The Balaban J connectivity index is 1.64. The lowest BCUT2D eigenvalue weighted by Crippen LogP contribution is -2.32. The smallest absolute Gasteiger partial charge is 0.265 e. The number of hydrogen-bond donors (Lipinski definition) is 1. The van der Waals surface area contributed by atoms with Crippen LogP contribution in [0, 0.1) is 13.8 Å². The van der Waals surface area contributed by atoms with E-state index < -0.39 is 6.10 Å². The molecule has 0 radical (unpaired) electrons. The molecule has 2 aromatic carbocycles. The van der Waals surface area contributed by atoms with Gasteiger partial charge in [0.15, 0.2) is 6.10 Å². The molecule has 1 aliphatic rings. The summed E-state index contributed by atoms with van der Waals surface area (Å²) in [7, 11) is 0. The van der Waals surface area contributed by atoms with E-state index in [0.717, 1.165) is 29.8 Å². The zero-order chi connectivity index (χ0) is 19.4. The molecule has 0 saturated carbocycles. The number of anilines is 2. The molecule has 1 atom stereocenters. The third-order valence-electron chi connectivity index (χ3n) is 4.66. The van der Waals surface area contributed by atoms with Gasteiger partial charge in [-0.25, -0.2) is 0 Å². The van der Waals surface area contributed by atoms with Gasteiger partial charge in [-0.1, -0.05) is 13.0 Å². The first-order valence-electron chi connectivity index (χ1n) is 9.42. The van der Waals surface area contributed by atoms with Crippen molar-refractivity contribution in [3.8, 4) is 5.75 Å². The fraction of sp³-hybridized carbons (Fsp3) is 0.364. The number of aryl methyl sites for hydroxylation is 2. The van der Waals surface area contributed by atoms with Crippen LogP contribution in [0.5, 0.6) is 5.75 Å². The number of benzene rings is 2. The molecule has 1 saturated heterocycles. The summed E-state index contributed by atoms with van der Waals surface area (Å²) >= 11 is 0. The van der Waals surface area contributed by atoms with Gasteiger partial charge in [0, 0.05) is 24.3 Å². The van der Waals surface area contributed by atoms with Crippen molar-refractivity contribution in [1.29, 1.82) is 0 Å². The van der Waals surface area contributed by atoms with Crippen molar-refractivity contribution < 1.29 is 14.3 Å². The largest absolute Gasteiger partial charge is 0.481 e. The van der Waals surface area contributed by atoms with E-state index >= 15 is 0 Å². The molecule has 2 amide bonds. The van der Waals surface area contributed by atoms with Gasteiger partial charge in [-0.2, -0.15) is 0 Å². The monoisotopic (exact) mass is 366 g/mol. The van der Waals surface area contributed by atoms with Crippen LogP contribution in [0.2, 0.25) is 0 Å². The van der Waals surface area contributed by atoms with E-state index in [2.05, 4.69) is 11.4 Å². The summed E-state index contributed by atoms with van der Waals surface area (Å²) in [6.45, 7) is 6.70. The van der Waals surface area contributed by atoms with Crippen molar-refractivity contribution in [2.45, 2.75) is 46.1 Å². The van der Waals surface area contributed by atoms with E-state index in [1.165, 1.54) is 0 Å². The van der Waals surface area contributed by atoms with Gasteiger partial charge in [0.25, 0.3) is 5.91 Å². The maximum absolute atomic E-state index is 12.6. The van der Waals surface area contributed by atoms with Gasteiger partial charge >= 0.3 is 0 Å². The number of rotatable bonds is 6. The number of hydrogen-bond acceptors (Lipinski definition) is 3. The van der Waals surface area contributed by atoms with Gasteiger partial charge < -0.3 is 15.0 Å².